The monoisotopic (exact) mass is 248 g/mol. The highest BCUT2D eigenvalue weighted by molar-refractivity contribution is 5.98. The number of benzene rings is 1. The van der Waals surface area contributed by atoms with Gasteiger partial charge in [-0.05, 0) is 25.1 Å². The highest BCUT2D eigenvalue weighted by atomic mass is 16.5. The molecule has 1 aromatic rings. The third-order valence-electron chi connectivity index (χ3n) is 3.25. The summed E-state index contributed by atoms with van der Waals surface area (Å²) in [7, 11) is 1.33. The van der Waals surface area contributed by atoms with Gasteiger partial charge in [0.25, 0.3) is 0 Å². The van der Waals surface area contributed by atoms with Crippen LogP contribution in [0.15, 0.2) is 24.3 Å². The molecule has 0 spiro atoms. The maximum absolute atomic E-state index is 11.9. The summed E-state index contributed by atoms with van der Waals surface area (Å²) < 4.78 is 4.66. The molecule has 18 heavy (non-hydrogen) atoms. The maximum atomic E-state index is 11.9. The van der Waals surface area contributed by atoms with Gasteiger partial charge in [-0.3, -0.25) is 4.79 Å². The molecule has 2 unspecified atom stereocenters. The molecule has 0 bridgehead atoms. The second-order valence-electron chi connectivity index (χ2n) is 4.41. The fourth-order valence-corrected chi connectivity index (χ4v) is 2.17. The first-order chi connectivity index (χ1) is 8.54. The summed E-state index contributed by atoms with van der Waals surface area (Å²) in [6.45, 7) is 1.90. The van der Waals surface area contributed by atoms with Gasteiger partial charge in [-0.25, -0.2) is 4.79 Å². The summed E-state index contributed by atoms with van der Waals surface area (Å²) >= 11 is 0. The number of rotatable bonds is 2. The first kappa shape index (κ1) is 12.6. The Bertz CT molecular complexity index is 487. The number of esters is 1. The molecule has 1 aliphatic heterocycles. The number of amides is 1. The first-order valence-corrected chi connectivity index (χ1v) is 5.80. The average molecular weight is 248 g/mol. The van der Waals surface area contributed by atoms with Gasteiger partial charge in [-0.1, -0.05) is 6.07 Å². The first-order valence-electron chi connectivity index (χ1n) is 5.80. The van der Waals surface area contributed by atoms with E-state index in [1.54, 1.807) is 29.2 Å². The lowest BCUT2D eigenvalue weighted by Gasteiger charge is -2.23. The summed E-state index contributed by atoms with van der Waals surface area (Å²) in [6, 6.07) is 6.59. The van der Waals surface area contributed by atoms with Crippen molar-refractivity contribution < 1.29 is 14.3 Å². The molecule has 1 saturated heterocycles. The van der Waals surface area contributed by atoms with Gasteiger partial charge in [0.15, 0.2) is 0 Å². The number of methoxy groups -OCH3 is 1. The lowest BCUT2D eigenvalue weighted by molar-refractivity contribution is -0.117. The largest absolute Gasteiger partial charge is 0.465 e. The van der Waals surface area contributed by atoms with Crippen LogP contribution in [0.3, 0.4) is 0 Å². The lowest BCUT2D eigenvalue weighted by atomic mass is 10.1. The van der Waals surface area contributed by atoms with Gasteiger partial charge in [-0.2, -0.15) is 0 Å². The Morgan fingerprint density at radius 1 is 1.50 bits per heavy atom. The molecule has 1 aliphatic rings. The molecule has 1 aromatic carbocycles. The van der Waals surface area contributed by atoms with Crippen LogP contribution in [0.2, 0.25) is 0 Å². The van der Waals surface area contributed by atoms with Crippen LogP contribution in [-0.4, -0.2) is 31.1 Å². The van der Waals surface area contributed by atoms with Crippen molar-refractivity contribution in [2.75, 3.05) is 12.0 Å². The second kappa shape index (κ2) is 4.78. The fourth-order valence-electron chi connectivity index (χ4n) is 2.17. The second-order valence-corrected chi connectivity index (χ2v) is 4.41. The van der Waals surface area contributed by atoms with Crippen molar-refractivity contribution in [3.05, 3.63) is 29.8 Å². The number of carbonyl (C=O) groups is 2. The van der Waals surface area contributed by atoms with Crippen LogP contribution in [0.5, 0.6) is 0 Å². The summed E-state index contributed by atoms with van der Waals surface area (Å²) in [6.07, 6.45) is 0.337. The van der Waals surface area contributed by atoms with Gasteiger partial charge in [0.1, 0.15) is 0 Å². The molecule has 5 heteroatoms. The minimum atomic E-state index is -0.416. The SMILES string of the molecule is COC(=O)c1cccc(N2C(=O)CC(N)C2C)c1. The van der Waals surface area contributed by atoms with E-state index >= 15 is 0 Å². The topological polar surface area (TPSA) is 72.6 Å². The van der Waals surface area contributed by atoms with Crippen molar-refractivity contribution in [2.24, 2.45) is 5.73 Å². The van der Waals surface area contributed by atoms with Crippen molar-refractivity contribution in [3.8, 4) is 0 Å². The molecule has 1 heterocycles. The van der Waals surface area contributed by atoms with Crippen molar-refractivity contribution in [3.63, 3.8) is 0 Å². The number of nitrogens with two attached hydrogens (primary N) is 1. The van der Waals surface area contributed by atoms with E-state index in [2.05, 4.69) is 4.74 Å². The predicted molar refractivity (Wildman–Crippen MR) is 67.3 cm³/mol. The van der Waals surface area contributed by atoms with Gasteiger partial charge in [0, 0.05) is 24.2 Å². The highest BCUT2D eigenvalue weighted by Gasteiger charge is 2.35. The quantitative estimate of drug-likeness (QED) is 0.790. The lowest BCUT2D eigenvalue weighted by Crippen LogP contribution is -2.38. The number of nitrogens with zero attached hydrogens (tertiary/aromatic N) is 1. The van der Waals surface area contributed by atoms with Gasteiger partial charge in [0.05, 0.1) is 12.7 Å². The van der Waals surface area contributed by atoms with Crippen molar-refractivity contribution in [1.82, 2.24) is 0 Å². The van der Waals surface area contributed by atoms with E-state index in [0.29, 0.717) is 17.7 Å². The zero-order valence-corrected chi connectivity index (χ0v) is 10.4. The summed E-state index contributed by atoms with van der Waals surface area (Å²) in [5.74, 6) is -0.433. The summed E-state index contributed by atoms with van der Waals surface area (Å²) in [5.41, 5.74) is 6.98. The molecule has 5 nitrogen and oxygen atoms in total. The van der Waals surface area contributed by atoms with Gasteiger partial charge in [0.2, 0.25) is 5.91 Å². The van der Waals surface area contributed by atoms with Crippen molar-refractivity contribution in [2.45, 2.75) is 25.4 Å². The Kier molecular flexibility index (Phi) is 3.34. The fraction of sp³-hybridized carbons (Fsp3) is 0.385. The zero-order chi connectivity index (χ0) is 13.3. The van der Waals surface area contributed by atoms with Gasteiger partial charge >= 0.3 is 5.97 Å². The van der Waals surface area contributed by atoms with E-state index in [4.69, 9.17) is 5.73 Å². The van der Waals surface area contributed by atoms with Crippen molar-refractivity contribution >= 4 is 17.6 Å². The molecular formula is C13H16N2O3. The number of carbonyl (C=O) groups excluding carboxylic acids is 2. The molecule has 2 N–H and O–H groups in total. The van der Waals surface area contributed by atoms with E-state index in [1.165, 1.54) is 7.11 Å². The number of anilines is 1. The number of ether oxygens (including phenoxy) is 1. The smallest absolute Gasteiger partial charge is 0.337 e. The Morgan fingerprint density at radius 3 is 2.78 bits per heavy atom. The number of hydrogen-bond donors (Lipinski definition) is 1. The Balaban J connectivity index is 2.34. The van der Waals surface area contributed by atoms with E-state index in [9.17, 15) is 9.59 Å². The van der Waals surface area contributed by atoms with Gasteiger partial charge < -0.3 is 15.4 Å². The molecule has 0 saturated carbocycles. The Morgan fingerprint density at radius 2 is 2.22 bits per heavy atom. The molecule has 0 aromatic heterocycles. The normalized spacial score (nSPS) is 23.3. The highest BCUT2D eigenvalue weighted by Crippen LogP contribution is 2.26. The van der Waals surface area contributed by atoms with E-state index in [1.807, 2.05) is 6.92 Å². The standard InChI is InChI=1S/C13H16N2O3/c1-8-11(14)7-12(16)15(8)10-5-3-4-9(6-10)13(17)18-2/h3-6,8,11H,7,14H2,1-2H3. The number of hydrogen-bond acceptors (Lipinski definition) is 4. The van der Waals surface area contributed by atoms with Crippen LogP contribution >= 0.6 is 0 Å². The predicted octanol–water partition coefficient (Wildman–Crippen LogP) is 0.926. The molecule has 1 fully saturated rings. The van der Waals surface area contributed by atoms with E-state index < -0.39 is 5.97 Å². The van der Waals surface area contributed by atoms with Crippen LogP contribution in [-0.2, 0) is 9.53 Å². The zero-order valence-electron chi connectivity index (χ0n) is 10.4. The third kappa shape index (κ3) is 2.09. The Hall–Kier alpha value is -1.88. The maximum Gasteiger partial charge on any atom is 0.337 e. The molecule has 2 rings (SSSR count). The summed E-state index contributed by atoms with van der Waals surface area (Å²) in [4.78, 5) is 25.0. The molecule has 96 valence electrons. The molecule has 1 amide bonds. The van der Waals surface area contributed by atoms with Crippen LogP contribution < -0.4 is 10.6 Å². The van der Waals surface area contributed by atoms with Crippen molar-refractivity contribution in [1.29, 1.82) is 0 Å². The molecule has 0 radical (unpaired) electrons. The molecule has 2 atom stereocenters. The van der Waals surface area contributed by atoms with Crippen LogP contribution in [0.1, 0.15) is 23.7 Å². The molecule has 0 aliphatic carbocycles. The van der Waals surface area contributed by atoms with Crippen LogP contribution in [0.4, 0.5) is 5.69 Å². The van der Waals surface area contributed by atoms with Crippen LogP contribution in [0, 0.1) is 0 Å². The average Bonchev–Trinajstić information content (AvgIpc) is 2.62. The molecular weight excluding hydrogens is 232 g/mol. The minimum Gasteiger partial charge on any atom is -0.465 e. The van der Waals surface area contributed by atoms with Gasteiger partial charge in [-0.15, -0.1) is 0 Å². The third-order valence-corrected chi connectivity index (χ3v) is 3.25. The minimum absolute atomic E-state index is 0.0167. The van der Waals surface area contributed by atoms with E-state index in [-0.39, 0.29) is 18.0 Å². The van der Waals surface area contributed by atoms with E-state index in [0.717, 1.165) is 0 Å². The Labute approximate surface area is 106 Å². The summed E-state index contributed by atoms with van der Waals surface area (Å²) in [5, 5.41) is 0. The van der Waals surface area contributed by atoms with Crippen LogP contribution in [0.25, 0.3) is 0 Å².